The topological polar surface area (TPSA) is 77.7 Å². The van der Waals surface area contributed by atoms with Crippen LogP contribution < -0.4 is 9.47 Å². The molecule has 2 aromatic rings. The number of aromatic nitrogens is 2. The minimum absolute atomic E-state index is 0.0211. The fourth-order valence-electron chi connectivity index (χ4n) is 3.09. The van der Waals surface area contributed by atoms with Crippen LogP contribution in [0.3, 0.4) is 0 Å². The lowest BCUT2D eigenvalue weighted by atomic mass is 9.98. The maximum atomic E-state index is 12.7. The van der Waals surface area contributed by atoms with Gasteiger partial charge < -0.3 is 18.9 Å². The van der Waals surface area contributed by atoms with E-state index < -0.39 is 0 Å². The Labute approximate surface area is 152 Å². The Morgan fingerprint density at radius 2 is 1.88 bits per heavy atom. The van der Waals surface area contributed by atoms with Crippen molar-refractivity contribution in [2.24, 2.45) is 0 Å². The van der Waals surface area contributed by atoms with Crippen LogP contribution in [0.5, 0.6) is 11.5 Å². The first-order valence-corrected chi connectivity index (χ1v) is 9.22. The lowest BCUT2D eigenvalue weighted by Crippen LogP contribution is -2.48. The molecule has 2 fully saturated rings. The van der Waals surface area contributed by atoms with E-state index in [1.807, 2.05) is 13.8 Å². The van der Waals surface area contributed by atoms with Crippen LogP contribution in [-0.2, 0) is 0 Å². The molecule has 1 saturated carbocycles. The summed E-state index contributed by atoms with van der Waals surface area (Å²) in [5.74, 6) is 3.32. The minimum atomic E-state index is -0.0211. The van der Waals surface area contributed by atoms with Crippen LogP contribution in [0.4, 0.5) is 0 Å². The molecule has 26 heavy (non-hydrogen) atoms. The lowest BCUT2D eigenvalue weighted by Gasteiger charge is -2.37. The highest BCUT2D eigenvalue weighted by Gasteiger charge is 2.37. The molecule has 2 heterocycles. The van der Waals surface area contributed by atoms with Gasteiger partial charge >= 0.3 is 0 Å². The molecule has 0 radical (unpaired) electrons. The first-order valence-electron chi connectivity index (χ1n) is 9.22. The largest absolute Gasteiger partial charge is 0.490 e. The number of likely N-dealkylation sites (tertiary alicyclic amines) is 1. The van der Waals surface area contributed by atoms with Crippen molar-refractivity contribution in [3.8, 4) is 11.5 Å². The van der Waals surface area contributed by atoms with Gasteiger partial charge in [0.1, 0.15) is 0 Å². The highest BCUT2D eigenvalue weighted by Crippen LogP contribution is 2.39. The summed E-state index contributed by atoms with van der Waals surface area (Å²) in [6.07, 6.45) is 2.29. The van der Waals surface area contributed by atoms with Crippen molar-refractivity contribution in [2.45, 2.75) is 38.5 Å². The van der Waals surface area contributed by atoms with Gasteiger partial charge in [0.15, 0.2) is 17.3 Å². The Hall–Kier alpha value is -2.57. The molecule has 1 aromatic carbocycles. The molecule has 0 bridgehead atoms. The van der Waals surface area contributed by atoms with Crippen LogP contribution in [0.1, 0.15) is 60.6 Å². The van der Waals surface area contributed by atoms with Crippen molar-refractivity contribution < 1.29 is 18.8 Å². The summed E-state index contributed by atoms with van der Waals surface area (Å²) in [6, 6.07) is 5.32. The maximum absolute atomic E-state index is 12.7. The molecule has 0 spiro atoms. The molecule has 2 aliphatic rings. The zero-order chi connectivity index (χ0) is 18.1. The van der Waals surface area contributed by atoms with E-state index in [1.54, 1.807) is 23.1 Å². The normalized spacial score (nSPS) is 17.1. The van der Waals surface area contributed by atoms with Crippen molar-refractivity contribution in [2.75, 3.05) is 26.3 Å². The summed E-state index contributed by atoms with van der Waals surface area (Å²) in [4.78, 5) is 19.0. The van der Waals surface area contributed by atoms with Gasteiger partial charge in [0.25, 0.3) is 5.91 Å². The predicted octanol–water partition coefficient (Wildman–Crippen LogP) is 2.98. The van der Waals surface area contributed by atoms with Gasteiger partial charge in [-0.1, -0.05) is 5.16 Å². The molecule has 1 amide bonds. The van der Waals surface area contributed by atoms with E-state index in [2.05, 4.69) is 10.1 Å². The number of benzene rings is 1. The summed E-state index contributed by atoms with van der Waals surface area (Å²) in [5, 5.41) is 4.05. The van der Waals surface area contributed by atoms with Crippen LogP contribution in [-0.4, -0.2) is 47.3 Å². The average Bonchev–Trinajstić information content (AvgIpc) is 3.34. The highest BCUT2D eigenvalue weighted by atomic mass is 16.5. The van der Waals surface area contributed by atoms with Gasteiger partial charge in [0.2, 0.25) is 5.89 Å². The molecule has 1 aliphatic heterocycles. The Balaban J connectivity index is 1.41. The molecule has 7 heteroatoms. The van der Waals surface area contributed by atoms with Gasteiger partial charge in [-0.3, -0.25) is 4.79 Å². The third kappa shape index (κ3) is 3.25. The van der Waals surface area contributed by atoms with Gasteiger partial charge in [0, 0.05) is 24.6 Å². The van der Waals surface area contributed by atoms with Crippen LogP contribution in [0.2, 0.25) is 0 Å². The Kier molecular flexibility index (Phi) is 4.53. The van der Waals surface area contributed by atoms with Gasteiger partial charge in [-0.15, -0.1) is 0 Å². The third-order valence-electron chi connectivity index (χ3n) is 4.71. The van der Waals surface area contributed by atoms with Crippen molar-refractivity contribution in [3.63, 3.8) is 0 Å². The Morgan fingerprint density at radius 1 is 1.15 bits per heavy atom. The van der Waals surface area contributed by atoms with Crippen molar-refractivity contribution in [1.82, 2.24) is 15.0 Å². The molecule has 1 aromatic heterocycles. The van der Waals surface area contributed by atoms with E-state index in [4.69, 9.17) is 14.0 Å². The van der Waals surface area contributed by atoms with E-state index in [9.17, 15) is 4.79 Å². The van der Waals surface area contributed by atoms with Crippen molar-refractivity contribution >= 4 is 5.91 Å². The molecular formula is C19H23N3O4. The number of hydrogen-bond acceptors (Lipinski definition) is 6. The van der Waals surface area contributed by atoms with Crippen LogP contribution >= 0.6 is 0 Å². The van der Waals surface area contributed by atoms with Crippen molar-refractivity contribution in [1.29, 1.82) is 0 Å². The fourth-order valence-corrected chi connectivity index (χ4v) is 3.09. The number of hydrogen-bond donors (Lipinski definition) is 0. The van der Waals surface area contributed by atoms with Crippen LogP contribution in [0, 0.1) is 0 Å². The molecule has 1 aliphatic carbocycles. The first-order chi connectivity index (χ1) is 12.7. The van der Waals surface area contributed by atoms with Gasteiger partial charge in [-0.2, -0.15) is 4.98 Å². The van der Waals surface area contributed by atoms with E-state index >= 15 is 0 Å². The molecule has 4 rings (SSSR count). The average molecular weight is 357 g/mol. The van der Waals surface area contributed by atoms with Gasteiger partial charge in [-0.25, -0.2) is 0 Å². The molecule has 0 unspecified atom stereocenters. The molecule has 138 valence electrons. The summed E-state index contributed by atoms with van der Waals surface area (Å²) in [5.41, 5.74) is 0.597. The second-order valence-electron chi connectivity index (χ2n) is 6.70. The zero-order valence-electron chi connectivity index (χ0n) is 15.1. The molecule has 0 atom stereocenters. The van der Waals surface area contributed by atoms with Crippen molar-refractivity contribution in [3.05, 3.63) is 35.5 Å². The smallest absolute Gasteiger partial charge is 0.254 e. The number of rotatable bonds is 7. The van der Waals surface area contributed by atoms with E-state index in [0.717, 1.165) is 18.7 Å². The van der Waals surface area contributed by atoms with E-state index in [0.29, 0.717) is 55.2 Å². The Morgan fingerprint density at radius 3 is 2.58 bits per heavy atom. The zero-order valence-corrected chi connectivity index (χ0v) is 15.1. The molecule has 1 saturated heterocycles. The summed E-state index contributed by atoms with van der Waals surface area (Å²) < 4.78 is 16.5. The van der Waals surface area contributed by atoms with Crippen LogP contribution in [0.25, 0.3) is 0 Å². The number of carbonyl (C=O) groups excluding carboxylic acids is 1. The van der Waals surface area contributed by atoms with E-state index in [1.165, 1.54) is 0 Å². The first kappa shape index (κ1) is 16.9. The number of amides is 1. The third-order valence-corrected chi connectivity index (χ3v) is 4.71. The second kappa shape index (κ2) is 6.97. The van der Waals surface area contributed by atoms with Crippen LogP contribution in [0.15, 0.2) is 22.7 Å². The summed E-state index contributed by atoms with van der Waals surface area (Å²) in [6.45, 7) is 6.09. The number of nitrogens with zero attached hydrogens (tertiary/aromatic N) is 3. The predicted molar refractivity (Wildman–Crippen MR) is 93.7 cm³/mol. The quantitative estimate of drug-likeness (QED) is 0.758. The standard InChI is InChI=1S/C19H23N3O4/c1-3-24-15-8-7-13(9-16(15)25-4-2)19(23)22-10-14(11-22)18-20-17(21-26-18)12-5-6-12/h7-9,12,14H,3-6,10-11H2,1-2H3. The molecular weight excluding hydrogens is 334 g/mol. The second-order valence-corrected chi connectivity index (χ2v) is 6.70. The maximum Gasteiger partial charge on any atom is 0.254 e. The number of carbonyl (C=O) groups is 1. The molecule has 0 N–H and O–H groups in total. The summed E-state index contributed by atoms with van der Waals surface area (Å²) in [7, 11) is 0. The van der Waals surface area contributed by atoms with Gasteiger partial charge in [-0.05, 0) is 44.9 Å². The van der Waals surface area contributed by atoms with Gasteiger partial charge in [0.05, 0.1) is 19.1 Å². The minimum Gasteiger partial charge on any atom is -0.490 e. The Bertz CT molecular complexity index is 794. The number of ether oxygens (including phenoxy) is 2. The fraction of sp³-hybridized carbons (Fsp3) is 0.526. The monoisotopic (exact) mass is 357 g/mol. The lowest BCUT2D eigenvalue weighted by molar-refractivity contribution is 0.0568. The highest BCUT2D eigenvalue weighted by molar-refractivity contribution is 5.95. The SMILES string of the molecule is CCOc1ccc(C(=O)N2CC(c3nc(C4CC4)no3)C2)cc1OCC. The van der Waals surface area contributed by atoms with E-state index in [-0.39, 0.29) is 11.8 Å². The molecule has 7 nitrogen and oxygen atoms in total. The summed E-state index contributed by atoms with van der Waals surface area (Å²) >= 11 is 0.